The standard InChI is InChI=1S/C10H20N2O2S/c1-10(2)3-7(5-15-6-10)12-4-8(13)9(11)14/h7-8,12-13H,3-6H2,1-2H3,(H2,11,14). The molecule has 1 fully saturated rings. The third kappa shape index (κ3) is 4.40. The number of nitrogens with two attached hydrogens (primary N) is 1. The van der Waals surface area contributed by atoms with E-state index in [9.17, 15) is 9.90 Å². The molecular formula is C10H20N2O2S. The van der Waals surface area contributed by atoms with Crippen LogP contribution in [0, 0.1) is 5.41 Å². The molecule has 1 heterocycles. The van der Waals surface area contributed by atoms with Gasteiger partial charge in [0, 0.05) is 18.3 Å². The minimum atomic E-state index is -1.07. The van der Waals surface area contributed by atoms with Gasteiger partial charge in [-0.15, -0.1) is 0 Å². The first-order valence-electron chi connectivity index (χ1n) is 5.19. The van der Waals surface area contributed by atoms with Gasteiger partial charge in [0.1, 0.15) is 6.10 Å². The van der Waals surface area contributed by atoms with Crippen LogP contribution in [0.5, 0.6) is 0 Å². The SMILES string of the molecule is CC1(C)CSCC(NCC(O)C(N)=O)C1. The number of hydrogen-bond donors (Lipinski definition) is 3. The number of thioether (sulfide) groups is 1. The van der Waals surface area contributed by atoms with Crippen molar-refractivity contribution >= 4 is 17.7 Å². The van der Waals surface area contributed by atoms with Crippen molar-refractivity contribution in [1.82, 2.24) is 5.32 Å². The number of aliphatic hydroxyl groups is 1. The molecule has 15 heavy (non-hydrogen) atoms. The maximum Gasteiger partial charge on any atom is 0.247 e. The second-order valence-corrected chi connectivity index (χ2v) is 5.94. The van der Waals surface area contributed by atoms with E-state index in [1.165, 1.54) is 5.75 Å². The number of hydrogen-bond acceptors (Lipinski definition) is 4. The minimum absolute atomic E-state index is 0.261. The number of carbonyl (C=O) groups excluding carboxylic acids is 1. The highest BCUT2D eigenvalue weighted by atomic mass is 32.2. The number of aliphatic hydroxyl groups excluding tert-OH is 1. The minimum Gasteiger partial charge on any atom is -0.382 e. The molecule has 1 aliphatic heterocycles. The van der Waals surface area contributed by atoms with E-state index in [0.29, 0.717) is 11.5 Å². The summed E-state index contributed by atoms with van der Waals surface area (Å²) in [5, 5.41) is 12.4. The first-order valence-corrected chi connectivity index (χ1v) is 6.35. The van der Waals surface area contributed by atoms with Gasteiger partial charge in [0.15, 0.2) is 0 Å². The lowest BCUT2D eigenvalue weighted by Crippen LogP contribution is -2.46. The van der Waals surface area contributed by atoms with Crippen LogP contribution in [0.15, 0.2) is 0 Å². The predicted molar refractivity (Wildman–Crippen MR) is 62.7 cm³/mol. The average molecular weight is 232 g/mol. The van der Waals surface area contributed by atoms with Crippen molar-refractivity contribution in [2.24, 2.45) is 11.1 Å². The lowest BCUT2D eigenvalue weighted by atomic mass is 9.88. The van der Waals surface area contributed by atoms with Crippen LogP contribution in [0.1, 0.15) is 20.3 Å². The Bertz CT molecular complexity index is 233. The molecule has 0 radical (unpaired) electrons. The van der Waals surface area contributed by atoms with Gasteiger partial charge in [0.25, 0.3) is 0 Å². The Kier molecular flexibility index (Phi) is 4.43. The van der Waals surface area contributed by atoms with Crippen LogP contribution in [0.2, 0.25) is 0 Å². The van der Waals surface area contributed by atoms with E-state index in [4.69, 9.17) is 5.73 Å². The maximum absolute atomic E-state index is 10.6. The fourth-order valence-corrected chi connectivity index (χ4v) is 3.08. The van der Waals surface area contributed by atoms with Gasteiger partial charge in [-0.05, 0) is 17.6 Å². The largest absolute Gasteiger partial charge is 0.382 e. The number of primary amides is 1. The molecule has 0 spiro atoms. The van der Waals surface area contributed by atoms with Gasteiger partial charge in [-0.1, -0.05) is 13.8 Å². The van der Waals surface area contributed by atoms with Crippen LogP contribution in [0.3, 0.4) is 0 Å². The molecule has 0 aromatic rings. The summed E-state index contributed by atoms with van der Waals surface area (Å²) in [7, 11) is 0. The van der Waals surface area contributed by atoms with E-state index in [-0.39, 0.29) is 6.54 Å². The third-order valence-electron chi connectivity index (χ3n) is 2.54. The maximum atomic E-state index is 10.6. The van der Waals surface area contributed by atoms with Crippen molar-refractivity contribution < 1.29 is 9.90 Å². The summed E-state index contributed by atoms with van der Waals surface area (Å²) in [5.41, 5.74) is 5.30. The number of amides is 1. The van der Waals surface area contributed by atoms with E-state index >= 15 is 0 Å². The van der Waals surface area contributed by atoms with Gasteiger partial charge >= 0.3 is 0 Å². The second-order valence-electron chi connectivity index (χ2n) is 4.91. The van der Waals surface area contributed by atoms with Crippen molar-refractivity contribution in [3.05, 3.63) is 0 Å². The Morgan fingerprint density at radius 2 is 2.40 bits per heavy atom. The zero-order valence-corrected chi connectivity index (χ0v) is 10.1. The highest BCUT2D eigenvalue weighted by Crippen LogP contribution is 2.33. The Morgan fingerprint density at radius 1 is 1.73 bits per heavy atom. The fourth-order valence-electron chi connectivity index (χ4n) is 1.77. The number of nitrogens with one attached hydrogen (secondary N) is 1. The Hall–Kier alpha value is -0.260. The summed E-state index contributed by atoms with van der Waals surface area (Å²) in [5.74, 6) is 1.54. The molecule has 4 nitrogen and oxygen atoms in total. The molecule has 88 valence electrons. The number of rotatable bonds is 4. The van der Waals surface area contributed by atoms with Gasteiger partial charge in [-0.3, -0.25) is 4.79 Å². The van der Waals surface area contributed by atoms with E-state index < -0.39 is 12.0 Å². The third-order valence-corrected chi connectivity index (χ3v) is 4.16. The van der Waals surface area contributed by atoms with E-state index in [0.717, 1.165) is 12.2 Å². The van der Waals surface area contributed by atoms with Gasteiger partial charge in [0.05, 0.1) is 0 Å². The molecule has 1 rings (SSSR count). The lowest BCUT2D eigenvalue weighted by Gasteiger charge is -2.35. The molecule has 1 aliphatic rings. The monoisotopic (exact) mass is 232 g/mol. The molecule has 0 aliphatic carbocycles. The quantitative estimate of drug-likeness (QED) is 0.635. The van der Waals surface area contributed by atoms with Crippen molar-refractivity contribution in [3.63, 3.8) is 0 Å². The molecule has 0 saturated carbocycles. The summed E-state index contributed by atoms with van der Waals surface area (Å²) < 4.78 is 0. The van der Waals surface area contributed by atoms with E-state index in [1.807, 2.05) is 11.8 Å². The first kappa shape index (κ1) is 12.8. The second kappa shape index (κ2) is 5.18. The van der Waals surface area contributed by atoms with Gasteiger partial charge in [-0.25, -0.2) is 0 Å². The van der Waals surface area contributed by atoms with Gasteiger partial charge in [0.2, 0.25) is 5.91 Å². The molecular weight excluding hydrogens is 212 g/mol. The smallest absolute Gasteiger partial charge is 0.247 e. The number of carbonyl (C=O) groups is 1. The molecule has 0 aromatic carbocycles. The zero-order chi connectivity index (χ0) is 11.5. The summed E-state index contributed by atoms with van der Waals surface area (Å²) in [6, 6.07) is 0.368. The molecule has 2 unspecified atom stereocenters. The van der Waals surface area contributed by atoms with Gasteiger partial charge in [-0.2, -0.15) is 11.8 Å². The van der Waals surface area contributed by atoms with Crippen LogP contribution in [-0.4, -0.2) is 41.2 Å². The van der Waals surface area contributed by atoms with Crippen LogP contribution in [-0.2, 0) is 4.79 Å². The summed E-state index contributed by atoms with van der Waals surface area (Å²) >= 11 is 1.91. The predicted octanol–water partition coefficient (Wildman–Crippen LogP) is -0.0461. The van der Waals surface area contributed by atoms with Crippen LogP contribution in [0.4, 0.5) is 0 Å². The van der Waals surface area contributed by atoms with Crippen LogP contribution < -0.4 is 11.1 Å². The van der Waals surface area contributed by atoms with Crippen LogP contribution >= 0.6 is 11.8 Å². The van der Waals surface area contributed by atoms with E-state index in [1.54, 1.807) is 0 Å². The summed E-state index contributed by atoms with van der Waals surface area (Å²) in [6.45, 7) is 4.73. The van der Waals surface area contributed by atoms with Crippen molar-refractivity contribution in [3.8, 4) is 0 Å². The Morgan fingerprint density at radius 3 is 2.93 bits per heavy atom. The Labute approximate surface area is 95.0 Å². The lowest BCUT2D eigenvalue weighted by molar-refractivity contribution is -0.125. The molecule has 1 amide bonds. The summed E-state index contributed by atoms with van der Waals surface area (Å²) in [4.78, 5) is 10.6. The molecule has 0 bridgehead atoms. The van der Waals surface area contributed by atoms with Crippen molar-refractivity contribution in [2.45, 2.75) is 32.4 Å². The van der Waals surface area contributed by atoms with Gasteiger partial charge < -0.3 is 16.2 Å². The topological polar surface area (TPSA) is 75.3 Å². The highest BCUT2D eigenvalue weighted by molar-refractivity contribution is 7.99. The Balaban J connectivity index is 2.30. The molecule has 0 aromatic heterocycles. The molecule has 5 heteroatoms. The van der Waals surface area contributed by atoms with E-state index in [2.05, 4.69) is 19.2 Å². The average Bonchev–Trinajstić information content (AvgIpc) is 2.12. The first-order chi connectivity index (χ1) is 6.91. The van der Waals surface area contributed by atoms with Crippen molar-refractivity contribution in [2.75, 3.05) is 18.1 Å². The molecule has 1 saturated heterocycles. The summed E-state index contributed by atoms with van der Waals surface area (Å²) in [6.07, 6.45) is 0.00547. The van der Waals surface area contributed by atoms with Crippen LogP contribution in [0.25, 0.3) is 0 Å². The fraction of sp³-hybridized carbons (Fsp3) is 0.900. The molecule has 2 atom stereocenters. The highest BCUT2D eigenvalue weighted by Gasteiger charge is 2.28. The molecule has 4 N–H and O–H groups in total. The zero-order valence-electron chi connectivity index (χ0n) is 9.32. The normalized spacial score (nSPS) is 27.3. The van der Waals surface area contributed by atoms with Crippen molar-refractivity contribution in [1.29, 1.82) is 0 Å².